The van der Waals surface area contributed by atoms with Crippen molar-refractivity contribution in [3.8, 4) is 0 Å². The molecular weight excluding hydrogens is 267 g/mol. The van der Waals surface area contributed by atoms with Crippen LogP contribution in [-0.4, -0.2) is 5.78 Å². The van der Waals surface area contributed by atoms with E-state index in [2.05, 4.69) is 0 Å². The lowest BCUT2D eigenvalue weighted by Gasteiger charge is -2.05. The molecule has 0 N–H and O–H groups in total. The highest BCUT2D eigenvalue weighted by molar-refractivity contribution is 6.31. The summed E-state index contributed by atoms with van der Waals surface area (Å²) in [4.78, 5) is 12.3. The number of Topliss-reactive ketones (excluding diaryl/α,β-unsaturated/α-hetero) is 1. The van der Waals surface area contributed by atoms with Crippen LogP contribution in [0.4, 0.5) is 4.39 Å². The normalized spacial score (nSPS) is 10.8. The minimum atomic E-state index is -0.510. The summed E-state index contributed by atoms with van der Waals surface area (Å²) in [5.41, 5.74) is 1.89. The summed E-state index contributed by atoms with van der Waals surface area (Å²) in [6, 6.07) is 4.47. The van der Waals surface area contributed by atoms with E-state index in [0.717, 1.165) is 11.3 Å². The standard InChI is InChI=1S/C15H14ClFO2/c1-8-9(2)19-10(3)14(8)13(18)7-11-5-4-6-12(17)15(11)16/h4-6H,7H2,1-3H3. The maximum atomic E-state index is 13.3. The summed E-state index contributed by atoms with van der Waals surface area (Å²) in [6.07, 6.45) is 0.0667. The lowest BCUT2D eigenvalue weighted by Crippen LogP contribution is -2.06. The van der Waals surface area contributed by atoms with Gasteiger partial charge in [-0.3, -0.25) is 4.79 Å². The summed E-state index contributed by atoms with van der Waals surface area (Å²) in [6.45, 7) is 5.40. The van der Waals surface area contributed by atoms with Gasteiger partial charge in [0.15, 0.2) is 5.78 Å². The third-order valence-electron chi connectivity index (χ3n) is 3.22. The van der Waals surface area contributed by atoms with E-state index in [0.29, 0.717) is 16.9 Å². The molecule has 0 saturated carbocycles. The monoisotopic (exact) mass is 280 g/mol. The number of aryl methyl sites for hydroxylation is 2. The molecule has 2 aromatic rings. The number of carbonyl (C=O) groups excluding carboxylic acids is 1. The minimum Gasteiger partial charge on any atom is -0.466 e. The maximum Gasteiger partial charge on any atom is 0.171 e. The molecule has 0 fully saturated rings. The predicted octanol–water partition coefficient (Wildman–Crippen LogP) is 4.42. The first kappa shape index (κ1) is 13.8. The van der Waals surface area contributed by atoms with Gasteiger partial charge in [-0.2, -0.15) is 0 Å². The van der Waals surface area contributed by atoms with Gasteiger partial charge in [0.1, 0.15) is 17.3 Å². The van der Waals surface area contributed by atoms with Gasteiger partial charge in [0, 0.05) is 12.0 Å². The topological polar surface area (TPSA) is 30.2 Å². The molecule has 0 aliphatic heterocycles. The molecule has 100 valence electrons. The lowest BCUT2D eigenvalue weighted by molar-refractivity contribution is 0.0991. The SMILES string of the molecule is Cc1oc(C)c(C(=O)Cc2cccc(F)c2Cl)c1C. The zero-order valence-electron chi connectivity index (χ0n) is 11.0. The molecule has 1 aromatic carbocycles. The van der Waals surface area contributed by atoms with Gasteiger partial charge < -0.3 is 4.42 Å². The Morgan fingerprint density at radius 2 is 1.95 bits per heavy atom. The highest BCUT2D eigenvalue weighted by atomic mass is 35.5. The van der Waals surface area contributed by atoms with E-state index in [1.54, 1.807) is 19.1 Å². The first-order chi connectivity index (χ1) is 8.91. The third-order valence-corrected chi connectivity index (χ3v) is 3.65. The summed E-state index contributed by atoms with van der Waals surface area (Å²) < 4.78 is 18.8. The number of ketones is 1. The largest absolute Gasteiger partial charge is 0.466 e. The Bertz CT molecular complexity index is 644. The number of benzene rings is 1. The van der Waals surface area contributed by atoms with Crippen LogP contribution in [0, 0.1) is 26.6 Å². The molecule has 0 atom stereocenters. The van der Waals surface area contributed by atoms with Crippen LogP contribution in [0.3, 0.4) is 0 Å². The molecule has 0 saturated heterocycles. The first-order valence-corrected chi connectivity index (χ1v) is 6.32. The van der Waals surface area contributed by atoms with Crippen molar-refractivity contribution in [3.63, 3.8) is 0 Å². The molecule has 0 bridgehead atoms. The smallest absolute Gasteiger partial charge is 0.171 e. The molecule has 0 radical (unpaired) electrons. The lowest BCUT2D eigenvalue weighted by atomic mass is 10.00. The summed E-state index contributed by atoms with van der Waals surface area (Å²) >= 11 is 5.86. The summed E-state index contributed by atoms with van der Waals surface area (Å²) in [7, 11) is 0. The fourth-order valence-corrected chi connectivity index (χ4v) is 2.34. The zero-order chi connectivity index (χ0) is 14.2. The fourth-order valence-electron chi connectivity index (χ4n) is 2.15. The second-order valence-electron chi connectivity index (χ2n) is 4.53. The number of rotatable bonds is 3. The van der Waals surface area contributed by atoms with Crippen molar-refractivity contribution in [2.75, 3.05) is 0 Å². The predicted molar refractivity (Wildman–Crippen MR) is 72.4 cm³/mol. The van der Waals surface area contributed by atoms with E-state index in [4.69, 9.17) is 16.0 Å². The molecule has 0 aliphatic rings. The van der Waals surface area contributed by atoms with Crippen LogP contribution < -0.4 is 0 Å². The van der Waals surface area contributed by atoms with Gasteiger partial charge in [-0.25, -0.2) is 4.39 Å². The van der Waals surface area contributed by atoms with Crippen LogP contribution in [-0.2, 0) is 6.42 Å². The average Bonchev–Trinajstić information content (AvgIpc) is 2.59. The van der Waals surface area contributed by atoms with Gasteiger partial charge in [-0.05, 0) is 32.4 Å². The molecule has 19 heavy (non-hydrogen) atoms. The number of halogens is 2. The van der Waals surface area contributed by atoms with Gasteiger partial charge in [-0.1, -0.05) is 23.7 Å². The summed E-state index contributed by atoms with van der Waals surface area (Å²) in [5.74, 6) is 0.696. The van der Waals surface area contributed by atoms with Crippen molar-refractivity contribution in [2.45, 2.75) is 27.2 Å². The molecular formula is C15H14ClFO2. The van der Waals surface area contributed by atoms with E-state index in [-0.39, 0.29) is 17.2 Å². The molecule has 2 nitrogen and oxygen atoms in total. The Balaban J connectivity index is 2.34. The molecule has 4 heteroatoms. The van der Waals surface area contributed by atoms with Gasteiger partial charge in [0.25, 0.3) is 0 Å². The van der Waals surface area contributed by atoms with Gasteiger partial charge in [0.05, 0.1) is 10.6 Å². The molecule has 1 heterocycles. The molecule has 0 spiro atoms. The van der Waals surface area contributed by atoms with E-state index < -0.39 is 5.82 Å². The van der Waals surface area contributed by atoms with Crippen LogP contribution in [0.5, 0.6) is 0 Å². The zero-order valence-corrected chi connectivity index (χ0v) is 11.8. The van der Waals surface area contributed by atoms with Gasteiger partial charge in [-0.15, -0.1) is 0 Å². The molecule has 2 rings (SSSR count). The maximum absolute atomic E-state index is 13.3. The van der Waals surface area contributed by atoms with E-state index in [9.17, 15) is 9.18 Å². The number of hydrogen-bond donors (Lipinski definition) is 0. The van der Waals surface area contributed by atoms with Crippen molar-refractivity contribution >= 4 is 17.4 Å². The Morgan fingerprint density at radius 1 is 1.26 bits per heavy atom. The molecule has 0 aliphatic carbocycles. The average molecular weight is 281 g/mol. The van der Waals surface area contributed by atoms with Crippen LogP contribution in [0.1, 0.15) is 33.0 Å². The van der Waals surface area contributed by atoms with Crippen molar-refractivity contribution in [2.24, 2.45) is 0 Å². The molecule has 1 aromatic heterocycles. The van der Waals surface area contributed by atoms with E-state index >= 15 is 0 Å². The van der Waals surface area contributed by atoms with Crippen LogP contribution in [0.15, 0.2) is 22.6 Å². The van der Waals surface area contributed by atoms with Crippen LogP contribution in [0.2, 0.25) is 5.02 Å². The second-order valence-corrected chi connectivity index (χ2v) is 4.91. The van der Waals surface area contributed by atoms with Gasteiger partial charge in [0.2, 0.25) is 0 Å². The highest BCUT2D eigenvalue weighted by Crippen LogP contribution is 2.25. The third kappa shape index (κ3) is 2.56. The van der Waals surface area contributed by atoms with Crippen LogP contribution in [0.25, 0.3) is 0 Å². The van der Waals surface area contributed by atoms with Crippen LogP contribution >= 0.6 is 11.6 Å². The van der Waals surface area contributed by atoms with Crippen molar-refractivity contribution in [1.82, 2.24) is 0 Å². The van der Waals surface area contributed by atoms with E-state index in [1.165, 1.54) is 6.07 Å². The van der Waals surface area contributed by atoms with E-state index in [1.807, 2.05) is 13.8 Å². The molecule has 0 amide bonds. The Kier molecular flexibility index (Phi) is 3.76. The van der Waals surface area contributed by atoms with Gasteiger partial charge >= 0.3 is 0 Å². The first-order valence-electron chi connectivity index (χ1n) is 5.94. The number of carbonyl (C=O) groups is 1. The summed E-state index contributed by atoms with van der Waals surface area (Å²) in [5, 5.41) is 0.00590. The second kappa shape index (κ2) is 5.17. The Hall–Kier alpha value is -1.61. The Labute approximate surface area is 116 Å². The Morgan fingerprint density at radius 3 is 2.53 bits per heavy atom. The van der Waals surface area contributed by atoms with Crippen molar-refractivity contribution in [1.29, 1.82) is 0 Å². The highest BCUT2D eigenvalue weighted by Gasteiger charge is 2.20. The number of furan rings is 1. The van der Waals surface area contributed by atoms with Crippen molar-refractivity contribution in [3.05, 3.63) is 57.2 Å². The number of hydrogen-bond acceptors (Lipinski definition) is 2. The quantitative estimate of drug-likeness (QED) is 0.779. The fraction of sp³-hybridized carbons (Fsp3) is 0.267. The molecule has 0 unspecified atom stereocenters. The minimum absolute atomic E-state index is 0.00590. The van der Waals surface area contributed by atoms with Crippen molar-refractivity contribution < 1.29 is 13.6 Å².